The monoisotopic (exact) mass is 465 g/mol. The molecule has 6 saturated heterocycles. The first-order valence-electron chi connectivity index (χ1n) is 12.1. The van der Waals surface area contributed by atoms with Gasteiger partial charge in [-0.15, -0.1) is 0 Å². The molecule has 10 nitrogen and oxygen atoms in total. The normalized spacial score (nSPS) is 45.6. The number of morpholine rings is 1. The Morgan fingerprint density at radius 3 is 2.58 bits per heavy atom. The molecule has 0 saturated carbocycles. The highest BCUT2D eigenvalue weighted by molar-refractivity contribution is 5.87. The Morgan fingerprint density at radius 1 is 1.12 bits per heavy atom. The number of hydrogen-bond acceptors (Lipinski definition) is 10. The number of esters is 3. The Morgan fingerprint density at radius 2 is 1.91 bits per heavy atom. The van der Waals surface area contributed by atoms with Crippen LogP contribution in [0.3, 0.4) is 0 Å². The predicted octanol–water partition coefficient (Wildman–Crippen LogP) is 0.0585. The average molecular weight is 465 g/mol. The zero-order valence-corrected chi connectivity index (χ0v) is 19.0. The summed E-state index contributed by atoms with van der Waals surface area (Å²) in [6, 6.07) is 0. The van der Waals surface area contributed by atoms with Gasteiger partial charge in [0.25, 0.3) is 0 Å². The van der Waals surface area contributed by atoms with Gasteiger partial charge in [0.05, 0.1) is 32.0 Å². The van der Waals surface area contributed by atoms with E-state index in [-0.39, 0.29) is 24.7 Å². The molecule has 6 heterocycles. The van der Waals surface area contributed by atoms with Gasteiger partial charge in [-0.3, -0.25) is 19.3 Å². The van der Waals surface area contributed by atoms with Gasteiger partial charge in [-0.05, 0) is 18.8 Å². The molecule has 182 valence electrons. The minimum absolute atomic E-state index is 0.0710. The number of hydrogen-bond donors (Lipinski definition) is 0. The lowest BCUT2D eigenvalue weighted by molar-refractivity contribution is -0.184. The van der Waals surface area contributed by atoms with E-state index in [0.717, 1.165) is 12.8 Å². The van der Waals surface area contributed by atoms with Gasteiger partial charge in [0, 0.05) is 19.5 Å². The van der Waals surface area contributed by atoms with Crippen LogP contribution in [-0.2, 0) is 42.8 Å². The lowest BCUT2D eigenvalue weighted by Gasteiger charge is -2.40. The van der Waals surface area contributed by atoms with Crippen molar-refractivity contribution >= 4 is 17.9 Å². The van der Waals surface area contributed by atoms with E-state index in [1.807, 2.05) is 18.7 Å². The average Bonchev–Trinajstić information content (AvgIpc) is 3.56. The molecule has 0 spiro atoms. The van der Waals surface area contributed by atoms with E-state index >= 15 is 0 Å². The summed E-state index contributed by atoms with van der Waals surface area (Å²) >= 11 is 0. The van der Waals surface area contributed by atoms with Crippen molar-refractivity contribution < 1.29 is 42.8 Å². The molecule has 10 heteroatoms. The van der Waals surface area contributed by atoms with Crippen molar-refractivity contribution in [3.63, 3.8) is 0 Å². The molecule has 0 aliphatic carbocycles. The molecule has 6 fully saturated rings. The molecule has 0 aromatic heterocycles. The topological polar surface area (TPSA) is 110 Å². The van der Waals surface area contributed by atoms with Crippen molar-refractivity contribution in [2.75, 3.05) is 32.8 Å². The molecule has 0 aromatic carbocycles. The van der Waals surface area contributed by atoms with Gasteiger partial charge in [-0.25, -0.2) is 0 Å². The first kappa shape index (κ1) is 21.8. The van der Waals surface area contributed by atoms with E-state index in [1.54, 1.807) is 0 Å². The maximum absolute atomic E-state index is 13.5. The van der Waals surface area contributed by atoms with Crippen molar-refractivity contribution in [2.24, 2.45) is 17.8 Å². The van der Waals surface area contributed by atoms with Crippen LogP contribution < -0.4 is 0 Å². The molecule has 4 bridgehead atoms. The Bertz CT molecular complexity index is 842. The highest BCUT2D eigenvalue weighted by Gasteiger charge is 2.72. The van der Waals surface area contributed by atoms with Crippen LogP contribution in [0.15, 0.2) is 0 Å². The summed E-state index contributed by atoms with van der Waals surface area (Å²) in [7, 11) is 0. The van der Waals surface area contributed by atoms with Crippen LogP contribution in [0.4, 0.5) is 0 Å². The summed E-state index contributed by atoms with van der Waals surface area (Å²) in [4.78, 5) is 40.8. The highest BCUT2D eigenvalue weighted by Crippen LogP contribution is 2.53. The van der Waals surface area contributed by atoms with Crippen LogP contribution >= 0.6 is 0 Å². The number of ether oxygens (including phenoxy) is 6. The predicted molar refractivity (Wildman–Crippen MR) is 109 cm³/mol. The van der Waals surface area contributed by atoms with Crippen LogP contribution in [0.5, 0.6) is 0 Å². The van der Waals surface area contributed by atoms with Gasteiger partial charge in [-0.2, -0.15) is 0 Å². The molecule has 0 N–H and O–H groups in total. The first-order chi connectivity index (χ1) is 15.9. The second-order valence-electron chi connectivity index (χ2n) is 10.4. The molecular weight excluding hydrogens is 434 g/mol. The Kier molecular flexibility index (Phi) is 5.21. The molecule has 9 atom stereocenters. The molecule has 9 unspecified atom stereocenters. The molecule has 6 aliphatic heterocycles. The van der Waals surface area contributed by atoms with Crippen LogP contribution in [0, 0.1) is 17.8 Å². The quantitative estimate of drug-likeness (QED) is 0.394. The smallest absolute Gasteiger partial charge is 0.320 e. The van der Waals surface area contributed by atoms with E-state index in [0.29, 0.717) is 32.7 Å². The number of nitrogens with zero attached hydrogens (tertiary/aromatic N) is 1. The number of carbonyl (C=O) groups excluding carboxylic acids is 3. The fourth-order valence-electron chi connectivity index (χ4n) is 6.66. The van der Waals surface area contributed by atoms with Gasteiger partial charge in [0.1, 0.15) is 29.6 Å². The molecule has 6 aliphatic rings. The summed E-state index contributed by atoms with van der Waals surface area (Å²) in [6.45, 7) is 6.63. The largest absolute Gasteiger partial charge is 0.456 e. The van der Waals surface area contributed by atoms with Crippen LogP contribution in [-0.4, -0.2) is 97.9 Å². The van der Waals surface area contributed by atoms with Crippen molar-refractivity contribution in [3.05, 3.63) is 0 Å². The Balaban J connectivity index is 1.18. The third-order valence-electron chi connectivity index (χ3n) is 8.37. The van der Waals surface area contributed by atoms with E-state index in [2.05, 4.69) is 0 Å². The lowest BCUT2D eigenvalue weighted by atomic mass is 9.75. The summed E-state index contributed by atoms with van der Waals surface area (Å²) in [5, 5.41) is 0. The Hall–Kier alpha value is -1.75. The maximum atomic E-state index is 13.5. The van der Waals surface area contributed by atoms with Crippen molar-refractivity contribution in [1.29, 1.82) is 0 Å². The fraction of sp³-hybridized carbons (Fsp3) is 0.870. The van der Waals surface area contributed by atoms with Gasteiger partial charge >= 0.3 is 17.9 Å². The van der Waals surface area contributed by atoms with Crippen molar-refractivity contribution in [2.45, 2.75) is 75.3 Å². The molecule has 33 heavy (non-hydrogen) atoms. The minimum atomic E-state index is -0.850. The van der Waals surface area contributed by atoms with Crippen LogP contribution in [0.1, 0.15) is 33.1 Å². The number of rotatable bonds is 6. The van der Waals surface area contributed by atoms with E-state index < -0.39 is 59.8 Å². The third-order valence-corrected chi connectivity index (χ3v) is 8.37. The van der Waals surface area contributed by atoms with Crippen molar-refractivity contribution in [3.8, 4) is 0 Å². The number of carbonyl (C=O) groups is 3. The van der Waals surface area contributed by atoms with Gasteiger partial charge in [0.15, 0.2) is 12.2 Å². The SMILES string of the molecule is CC(C)C1(OC(=O)C2C3OC4C(OC(=O)C42)C3OC(=O)CN2CCOCC2)CC2CCC1O2. The number of fused-ring (bicyclic) bond motifs is 3. The zero-order chi connectivity index (χ0) is 22.9. The second kappa shape index (κ2) is 7.90. The van der Waals surface area contributed by atoms with Gasteiger partial charge < -0.3 is 28.4 Å². The Labute approximate surface area is 192 Å². The van der Waals surface area contributed by atoms with Gasteiger partial charge in [0.2, 0.25) is 0 Å². The standard InChI is InChI=1S/C23H31NO9/c1-11(2)23(9-12-3-4-13(23)29-12)33-22(27)16-15-17-20(32-21(15)26)19(18(16)31-17)30-14(25)10-24-5-7-28-8-6-24/h11-13,15-20H,3-10H2,1-2H3. The highest BCUT2D eigenvalue weighted by atomic mass is 16.7. The first-order valence-corrected chi connectivity index (χ1v) is 12.1. The van der Waals surface area contributed by atoms with E-state index in [9.17, 15) is 14.4 Å². The molecule has 0 radical (unpaired) electrons. The van der Waals surface area contributed by atoms with Crippen LogP contribution in [0.25, 0.3) is 0 Å². The fourth-order valence-corrected chi connectivity index (χ4v) is 6.66. The zero-order valence-electron chi connectivity index (χ0n) is 19.0. The minimum Gasteiger partial charge on any atom is -0.456 e. The van der Waals surface area contributed by atoms with Gasteiger partial charge in [-0.1, -0.05) is 13.8 Å². The summed E-state index contributed by atoms with van der Waals surface area (Å²) in [5.74, 6) is -2.89. The van der Waals surface area contributed by atoms with E-state index in [1.165, 1.54) is 0 Å². The summed E-state index contributed by atoms with van der Waals surface area (Å²) in [5.41, 5.74) is -0.702. The third kappa shape index (κ3) is 3.32. The molecule has 0 amide bonds. The summed E-state index contributed by atoms with van der Waals surface area (Å²) < 4.78 is 34.8. The van der Waals surface area contributed by atoms with Crippen LogP contribution in [0.2, 0.25) is 0 Å². The van der Waals surface area contributed by atoms with E-state index in [4.69, 9.17) is 28.4 Å². The lowest BCUT2D eigenvalue weighted by Crippen LogP contribution is -2.53. The second-order valence-corrected chi connectivity index (χ2v) is 10.4. The molecule has 0 aromatic rings. The molecular formula is C23H31NO9. The summed E-state index contributed by atoms with van der Waals surface area (Å²) in [6.07, 6.45) is -0.338. The maximum Gasteiger partial charge on any atom is 0.320 e. The van der Waals surface area contributed by atoms with Crippen molar-refractivity contribution in [1.82, 2.24) is 4.90 Å². The molecule has 6 rings (SSSR count).